The number of aromatic amines is 1. The van der Waals surface area contributed by atoms with E-state index in [2.05, 4.69) is 20.1 Å². The first-order chi connectivity index (χ1) is 10.7. The van der Waals surface area contributed by atoms with E-state index in [4.69, 9.17) is 22.5 Å². The molecule has 0 aliphatic heterocycles. The maximum Gasteiger partial charge on any atom is 0.192 e. The van der Waals surface area contributed by atoms with Crippen LogP contribution in [0.3, 0.4) is 0 Å². The third kappa shape index (κ3) is 2.64. The van der Waals surface area contributed by atoms with E-state index in [1.807, 2.05) is 36.5 Å². The monoisotopic (exact) mass is 310 g/mol. The summed E-state index contributed by atoms with van der Waals surface area (Å²) in [6, 6.07) is 11.1. The number of benzene rings is 1. The summed E-state index contributed by atoms with van der Waals surface area (Å²) >= 11 is 6.35. The van der Waals surface area contributed by atoms with Gasteiger partial charge in [-0.2, -0.15) is 0 Å². The Hall–Kier alpha value is -2.86. The van der Waals surface area contributed by atoms with Crippen LogP contribution in [0.15, 0.2) is 54.0 Å². The largest absolute Gasteiger partial charge is 0.361 e. The van der Waals surface area contributed by atoms with Crippen LogP contribution in [0.25, 0.3) is 22.5 Å². The molecule has 7 heteroatoms. The van der Waals surface area contributed by atoms with E-state index in [9.17, 15) is 0 Å². The van der Waals surface area contributed by atoms with Crippen molar-refractivity contribution in [1.29, 1.82) is 10.9 Å². The van der Waals surface area contributed by atoms with Gasteiger partial charge >= 0.3 is 0 Å². The average Bonchev–Trinajstić information content (AvgIpc) is 3.08. The second kappa shape index (κ2) is 5.87. The second-order valence-corrected chi connectivity index (χ2v) is 4.93. The van der Waals surface area contributed by atoms with Crippen LogP contribution in [0.2, 0.25) is 5.02 Å². The Labute approximate surface area is 131 Å². The van der Waals surface area contributed by atoms with Gasteiger partial charge in [0, 0.05) is 23.0 Å². The molecule has 2 heterocycles. The van der Waals surface area contributed by atoms with E-state index >= 15 is 0 Å². The minimum absolute atomic E-state index is 0.210. The molecule has 0 unspecified atom stereocenters. The van der Waals surface area contributed by atoms with Gasteiger partial charge in [-0.15, -0.1) is 5.11 Å². The highest BCUT2D eigenvalue weighted by Crippen LogP contribution is 2.30. The van der Waals surface area contributed by atoms with Gasteiger partial charge in [0.15, 0.2) is 5.84 Å². The van der Waals surface area contributed by atoms with Crippen LogP contribution in [-0.4, -0.2) is 20.8 Å². The van der Waals surface area contributed by atoms with Gasteiger partial charge < -0.3 is 4.98 Å². The molecule has 3 N–H and O–H groups in total. The van der Waals surface area contributed by atoms with Gasteiger partial charge in [0.1, 0.15) is 12.0 Å². The molecule has 2 aromatic heterocycles. The van der Waals surface area contributed by atoms with Gasteiger partial charge in [0.05, 0.1) is 10.7 Å². The van der Waals surface area contributed by atoms with Crippen LogP contribution in [-0.2, 0) is 0 Å². The van der Waals surface area contributed by atoms with Crippen LogP contribution in [0.4, 0.5) is 0 Å². The number of amidine groups is 1. The van der Waals surface area contributed by atoms with Gasteiger partial charge in [0.25, 0.3) is 0 Å². The minimum atomic E-state index is -0.210. The number of rotatable bonds is 3. The van der Waals surface area contributed by atoms with Gasteiger partial charge in [-0.25, -0.2) is 15.5 Å². The lowest BCUT2D eigenvalue weighted by Crippen LogP contribution is -1.99. The number of H-pyrrole nitrogens is 1. The lowest BCUT2D eigenvalue weighted by Gasteiger charge is -2.06. The predicted molar refractivity (Wildman–Crippen MR) is 84.2 cm³/mol. The topological polar surface area (TPSA) is 102 Å². The van der Waals surface area contributed by atoms with Crippen molar-refractivity contribution in [2.45, 2.75) is 0 Å². The highest BCUT2D eigenvalue weighted by molar-refractivity contribution is 6.33. The van der Waals surface area contributed by atoms with Gasteiger partial charge in [-0.05, 0) is 24.3 Å². The molecule has 108 valence electrons. The normalized spacial score (nSPS) is 10.4. The van der Waals surface area contributed by atoms with E-state index in [1.54, 1.807) is 6.07 Å². The summed E-state index contributed by atoms with van der Waals surface area (Å²) in [5.41, 5.74) is 10.4. The molecule has 0 saturated carbocycles. The molecule has 0 saturated heterocycles. The summed E-state index contributed by atoms with van der Waals surface area (Å²) in [6.45, 7) is 0. The summed E-state index contributed by atoms with van der Waals surface area (Å²) in [5.74, 6) is -0.210. The molecular weight excluding hydrogens is 300 g/mol. The fourth-order valence-electron chi connectivity index (χ4n) is 2.09. The Morgan fingerprint density at radius 3 is 2.73 bits per heavy atom. The van der Waals surface area contributed by atoms with Crippen LogP contribution in [0.1, 0.15) is 5.69 Å². The lowest BCUT2D eigenvalue weighted by atomic mass is 10.1. The first-order valence-corrected chi connectivity index (χ1v) is 6.79. The van der Waals surface area contributed by atoms with E-state index in [0.29, 0.717) is 16.4 Å². The molecule has 0 aliphatic rings. The molecule has 3 rings (SSSR count). The second-order valence-electron chi connectivity index (χ2n) is 4.53. The molecule has 0 atom stereocenters. The Morgan fingerprint density at radius 2 is 2.05 bits per heavy atom. The molecule has 3 aromatic rings. The molecule has 0 fully saturated rings. The maximum atomic E-state index is 7.53. The Kier molecular flexibility index (Phi) is 3.76. The van der Waals surface area contributed by atoms with E-state index in [0.717, 1.165) is 16.8 Å². The Balaban J connectivity index is 2.01. The fraction of sp³-hybridized carbons (Fsp3) is 0. The van der Waals surface area contributed by atoms with Crippen molar-refractivity contribution in [3.63, 3.8) is 0 Å². The van der Waals surface area contributed by atoms with Gasteiger partial charge in [0.2, 0.25) is 0 Å². The smallest absolute Gasteiger partial charge is 0.192 e. The van der Waals surface area contributed by atoms with Crippen molar-refractivity contribution in [1.82, 2.24) is 15.0 Å². The van der Waals surface area contributed by atoms with Crippen molar-refractivity contribution >= 4 is 17.4 Å². The Bertz CT molecular complexity index is 841. The summed E-state index contributed by atoms with van der Waals surface area (Å²) in [4.78, 5) is 11.2. The van der Waals surface area contributed by atoms with Crippen LogP contribution in [0.5, 0.6) is 0 Å². The summed E-state index contributed by atoms with van der Waals surface area (Å²) in [6.07, 6.45) is 3.18. The number of nitrogens with one attached hydrogen (secondary N) is 3. The van der Waals surface area contributed by atoms with E-state index in [-0.39, 0.29) is 5.84 Å². The summed E-state index contributed by atoms with van der Waals surface area (Å²) < 4.78 is 0. The van der Waals surface area contributed by atoms with Gasteiger partial charge in [-0.1, -0.05) is 23.7 Å². The van der Waals surface area contributed by atoms with Gasteiger partial charge in [-0.3, -0.25) is 5.41 Å². The van der Waals surface area contributed by atoms with Crippen molar-refractivity contribution in [2.24, 2.45) is 5.11 Å². The van der Waals surface area contributed by atoms with Crippen molar-refractivity contribution < 1.29 is 0 Å². The first kappa shape index (κ1) is 14.1. The zero-order valence-corrected chi connectivity index (χ0v) is 12.1. The highest BCUT2D eigenvalue weighted by Gasteiger charge is 2.09. The molecule has 0 amide bonds. The number of nitrogens with zero attached hydrogens (tertiary/aromatic N) is 3. The van der Waals surface area contributed by atoms with E-state index < -0.39 is 0 Å². The molecule has 22 heavy (non-hydrogen) atoms. The third-order valence-corrected chi connectivity index (χ3v) is 3.49. The Morgan fingerprint density at radius 1 is 1.18 bits per heavy atom. The highest BCUT2D eigenvalue weighted by atomic mass is 35.5. The molecule has 0 aliphatic carbocycles. The van der Waals surface area contributed by atoms with E-state index in [1.165, 1.54) is 6.33 Å². The molecular formula is C15H11ClN6. The lowest BCUT2D eigenvalue weighted by molar-refractivity contribution is 1.10. The molecule has 6 nitrogen and oxygen atoms in total. The number of hydrogen-bond donors (Lipinski definition) is 3. The summed E-state index contributed by atoms with van der Waals surface area (Å²) in [5, 5.41) is 11.2. The number of aromatic nitrogens is 3. The molecule has 1 aromatic carbocycles. The van der Waals surface area contributed by atoms with Crippen LogP contribution < -0.4 is 0 Å². The number of halogens is 1. The van der Waals surface area contributed by atoms with Crippen molar-refractivity contribution in [3.8, 4) is 22.5 Å². The van der Waals surface area contributed by atoms with Crippen molar-refractivity contribution in [3.05, 3.63) is 59.6 Å². The first-order valence-electron chi connectivity index (χ1n) is 6.41. The molecule has 0 bridgehead atoms. The maximum absolute atomic E-state index is 7.53. The average molecular weight is 311 g/mol. The third-order valence-electron chi connectivity index (χ3n) is 3.17. The van der Waals surface area contributed by atoms with Crippen molar-refractivity contribution in [2.75, 3.05) is 0 Å². The van der Waals surface area contributed by atoms with Crippen LogP contribution >= 0.6 is 11.6 Å². The standard InChI is InChI=1S/C15H11ClN6/c16-11-6-9(3-4-10(11)12-2-1-5-19-12)13-7-14(15(17)22-18)21-8-20-13/h1-8,17-19H. The summed E-state index contributed by atoms with van der Waals surface area (Å²) in [7, 11) is 0. The molecule has 0 radical (unpaired) electrons. The zero-order valence-electron chi connectivity index (χ0n) is 11.3. The number of hydrogen-bond acceptors (Lipinski definition) is 4. The van der Waals surface area contributed by atoms with Crippen LogP contribution in [0, 0.1) is 10.9 Å². The predicted octanol–water partition coefficient (Wildman–Crippen LogP) is 4.15. The zero-order chi connectivity index (χ0) is 15.5. The minimum Gasteiger partial charge on any atom is -0.361 e. The fourth-order valence-corrected chi connectivity index (χ4v) is 2.38. The molecule has 0 spiro atoms. The quantitative estimate of drug-likeness (QED) is 0.384. The SMILES string of the molecule is N=NC(=N)c1cc(-c2ccc(-c3ccc[nH]3)c(Cl)c2)ncn1.